The van der Waals surface area contributed by atoms with Crippen molar-refractivity contribution < 1.29 is 28.3 Å². The van der Waals surface area contributed by atoms with E-state index in [4.69, 9.17) is 18.6 Å². The summed E-state index contributed by atoms with van der Waals surface area (Å²) in [7, 11) is 3.08. The van der Waals surface area contributed by atoms with Crippen molar-refractivity contribution in [3.05, 3.63) is 104 Å². The quantitative estimate of drug-likeness (QED) is 0.199. The van der Waals surface area contributed by atoms with Gasteiger partial charge in [0.15, 0.2) is 11.5 Å². The molecule has 38 heavy (non-hydrogen) atoms. The number of para-hydroxylation sites is 1. The normalized spacial score (nSPS) is 14.6. The molecule has 4 aromatic rings. The molecule has 0 N–H and O–H groups in total. The van der Waals surface area contributed by atoms with Gasteiger partial charge in [0.1, 0.15) is 23.5 Å². The van der Waals surface area contributed by atoms with Crippen molar-refractivity contribution in [2.75, 3.05) is 27.4 Å². The van der Waals surface area contributed by atoms with Gasteiger partial charge in [-0.25, -0.2) is 4.79 Å². The molecule has 0 fully saturated rings. The molecule has 0 saturated carbocycles. The standard InChI is InChI=1S/C28H24N2O8/c1-35-25-14-17-11-12-29(27(31)22-13-18-5-3-4-6-24(18)38-28(22)32)23(21(17)15-26(25)36-2)16-37-20-9-7-19(8-10-20)30(33)34/h3-10,13-15,23H,11-12,16H2,1-2H3/t23-/m1/s1. The Kier molecular flexibility index (Phi) is 6.69. The SMILES string of the molecule is COc1cc2c(cc1OC)[C@@H](COc1ccc([N+](=O)[O-])cc1)N(C(=O)c1cc3ccccc3oc1=O)CC2. The lowest BCUT2D eigenvalue weighted by Crippen LogP contribution is -2.44. The Labute approximate surface area is 217 Å². The average Bonchev–Trinajstić information content (AvgIpc) is 2.94. The molecule has 0 spiro atoms. The molecule has 0 aliphatic carbocycles. The Morgan fingerprint density at radius 3 is 2.47 bits per heavy atom. The van der Waals surface area contributed by atoms with Crippen molar-refractivity contribution in [3.63, 3.8) is 0 Å². The highest BCUT2D eigenvalue weighted by Crippen LogP contribution is 2.39. The molecule has 2 heterocycles. The van der Waals surface area contributed by atoms with E-state index in [1.807, 2.05) is 6.07 Å². The highest BCUT2D eigenvalue weighted by atomic mass is 16.6. The number of rotatable bonds is 7. The zero-order valence-electron chi connectivity index (χ0n) is 20.7. The molecule has 1 aromatic heterocycles. The first kappa shape index (κ1) is 24.8. The summed E-state index contributed by atoms with van der Waals surface area (Å²) in [6.45, 7) is 0.354. The molecule has 1 atom stereocenters. The van der Waals surface area contributed by atoms with Gasteiger partial charge in [-0.05, 0) is 53.9 Å². The molecule has 0 saturated heterocycles. The van der Waals surface area contributed by atoms with Crippen LogP contribution in [0.25, 0.3) is 11.0 Å². The summed E-state index contributed by atoms with van der Waals surface area (Å²) in [6.07, 6.45) is 0.522. The number of nitro benzene ring substituents is 1. The minimum atomic E-state index is -0.721. The third-order valence-corrected chi connectivity index (χ3v) is 6.59. The monoisotopic (exact) mass is 516 g/mol. The second-order valence-corrected chi connectivity index (χ2v) is 8.72. The lowest BCUT2D eigenvalue weighted by Gasteiger charge is -2.37. The molecule has 0 bridgehead atoms. The van der Waals surface area contributed by atoms with E-state index in [9.17, 15) is 19.7 Å². The predicted octanol–water partition coefficient (Wildman–Crippen LogP) is 4.54. The summed E-state index contributed by atoms with van der Waals surface area (Å²) in [5, 5.41) is 11.6. The first-order valence-corrected chi connectivity index (χ1v) is 11.9. The first-order valence-electron chi connectivity index (χ1n) is 11.9. The molecular formula is C28H24N2O8. The first-order chi connectivity index (χ1) is 18.4. The molecule has 1 aliphatic rings. The fourth-order valence-electron chi connectivity index (χ4n) is 4.66. The van der Waals surface area contributed by atoms with Gasteiger partial charge in [0, 0.05) is 24.1 Å². The van der Waals surface area contributed by atoms with E-state index in [1.165, 1.54) is 31.4 Å². The van der Waals surface area contributed by atoms with E-state index in [0.29, 0.717) is 41.2 Å². The molecule has 0 radical (unpaired) electrons. The van der Waals surface area contributed by atoms with Gasteiger partial charge in [0.2, 0.25) is 0 Å². The van der Waals surface area contributed by atoms with Crippen molar-refractivity contribution >= 4 is 22.6 Å². The zero-order chi connectivity index (χ0) is 26.8. The maximum atomic E-state index is 13.8. The van der Waals surface area contributed by atoms with E-state index in [2.05, 4.69) is 0 Å². The molecule has 10 nitrogen and oxygen atoms in total. The second-order valence-electron chi connectivity index (χ2n) is 8.72. The summed E-state index contributed by atoms with van der Waals surface area (Å²) >= 11 is 0. The van der Waals surface area contributed by atoms with Gasteiger partial charge in [0.25, 0.3) is 11.6 Å². The summed E-state index contributed by atoms with van der Waals surface area (Å²) in [4.78, 5) is 38.6. The van der Waals surface area contributed by atoms with Gasteiger partial charge in [0.05, 0.1) is 25.2 Å². The Morgan fingerprint density at radius 1 is 1.05 bits per heavy atom. The number of non-ortho nitro benzene ring substituents is 1. The van der Waals surface area contributed by atoms with Crippen LogP contribution in [0.4, 0.5) is 5.69 Å². The molecule has 1 amide bonds. The van der Waals surface area contributed by atoms with Crippen LogP contribution in [0, 0.1) is 10.1 Å². The van der Waals surface area contributed by atoms with Crippen molar-refractivity contribution in [2.45, 2.75) is 12.5 Å². The van der Waals surface area contributed by atoms with Gasteiger partial charge in [-0.1, -0.05) is 18.2 Å². The zero-order valence-corrected chi connectivity index (χ0v) is 20.7. The van der Waals surface area contributed by atoms with Gasteiger partial charge in [-0.15, -0.1) is 0 Å². The minimum absolute atomic E-state index is 0.0327. The highest BCUT2D eigenvalue weighted by molar-refractivity contribution is 5.97. The second kappa shape index (κ2) is 10.3. The molecule has 1 aliphatic heterocycles. The number of amides is 1. The Morgan fingerprint density at radius 2 is 1.76 bits per heavy atom. The number of hydrogen-bond donors (Lipinski definition) is 0. The minimum Gasteiger partial charge on any atom is -0.493 e. The number of methoxy groups -OCH3 is 2. The van der Waals surface area contributed by atoms with Crippen LogP contribution in [-0.4, -0.2) is 43.1 Å². The van der Waals surface area contributed by atoms with Crippen LogP contribution in [0.15, 0.2) is 75.9 Å². The summed E-state index contributed by atoms with van der Waals surface area (Å²) < 4.78 is 22.4. The number of hydrogen-bond acceptors (Lipinski definition) is 8. The molecule has 5 rings (SSSR count). The Balaban J connectivity index is 1.53. The molecule has 3 aromatic carbocycles. The number of nitro groups is 1. The van der Waals surface area contributed by atoms with Crippen LogP contribution in [-0.2, 0) is 6.42 Å². The van der Waals surface area contributed by atoms with Crippen LogP contribution >= 0.6 is 0 Å². The summed E-state index contributed by atoms with van der Waals surface area (Å²) in [6, 6.07) is 17.3. The highest BCUT2D eigenvalue weighted by Gasteiger charge is 2.34. The van der Waals surface area contributed by atoms with Crippen LogP contribution in [0.2, 0.25) is 0 Å². The third-order valence-electron chi connectivity index (χ3n) is 6.59. The van der Waals surface area contributed by atoms with Crippen molar-refractivity contribution in [3.8, 4) is 17.2 Å². The lowest BCUT2D eigenvalue weighted by molar-refractivity contribution is -0.384. The number of benzene rings is 3. The van der Waals surface area contributed by atoms with E-state index >= 15 is 0 Å². The van der Waals surface area contributed by atoms with Crippen molar-refractivity contribution in [2.24, 2.45) is 0 Å². The maximum Gasteiger partial charge on any atom is 0.349 e. The predicted molar refractivity (Wildman–Crippen MR) is 138 cm³/mol. The fraction of sp³-hybridized carbons (Fsp3) is 0.214. The van der Waals surface area contributed by atoms with Crippen LogP contribution in [0.5, 0.6) is 17.2 Å². The van der Waals surface area contributed by atoms with Crippen LogP contribution < -0.4 is 19.8 Å². The largest absolute Gasteiger partial charge is 0.493 e. The van der Waals surface area contributed by atoms with E-state index < -0.39 is 22.5 Å². The van der Waals surface area contributed by atoms with Gasteiger partial charge < -0.3 is 23.5 Å². The van der Waals surface area contributed by atoms with Gasteiger partial charge in [-0.2, -0.15) is 0 Å². The Hall–Kier alpha value is -4.86. The molecule has 10 heteroatoms. The Bertz CT molecular complexity index is 1580. The third kappa shape index (κ3) is 4.63. The smallest absolute Gasteiger partial charge is 0.349 e. The number of carbonyl (C=O) groups excluding carboxylic acids is 1. The van der Waals surface area contributed by atoms with Gasteiger partial charge in [-0.3, -0.25) is 14.9 Å². The number of fused-ring (bicyclic) bond motifs is 2. The average molecular weight is 517 g/mol. The summed E-state index contributed by atoms with van der Waals surface area (Å²) in [5.74, 6) is 0.977. The lowest BCUT2D eigenvalue weighted by atomic mass is 9.91. The van der Waals surface area contributed by atoms with E-state index in [-0.39, 0.29) is 17.9 Å². The molecule has 0 unspecified atom stereocenters. The topological polar surface area (TPSA) is 121 Å². The number of carbonyl (C=O) groups is 1. The number of nitrogens with zero attached hydrogens (tertiary/aromatic N) is 2. The van der Waals surface area contributed by atoms with Crippen LogP contribution in [0.1, 0.15) is 27.5 Å². The van der Waals surface area contributed by atoms with E-state index in [1.54, 1.807) is 48.4 Å². The van der Waals surface area contributed by atoms with Crippen molar-refractivity contribution in [1.82, 2.24) is 4.90 Å². The molecule has 194 valence electrons. The maximum absolute atomic E-state index is 13.8. The van der Waals surface area contributed by atoms with Crippen molar-refractivity contribution in [1.29, 1.82) is 0 Å². The molecular weight excluding hydrogens is 492 g/mol. The van der Waals surface area contributed by atoms with Crippen LogP contribution in [0.3, 0.4) is 0 Å². The fourth-order valence-corrected chi connectivity index (χ4v) is 4.66. The van der Waals surface area contributed by atoms with Gasteiger partial charge >= 0.3 is 5.63 Å². The number of ether oxygens (including phenoxy) is 3. The summed E-state index contributed by atoms with van der Waals surface area (Å²) in [5.41, 5.74) is 1.28. The van der Waals surface area contributed by atoms with E-state index in [0.717, 1.165) is 11.1 Å².